The lowest BCUT2D eigenvalue weighted by atomic mass is 9.61. The number of hydrogen-bond acceptors (Lipinski definition) is 4. The topological polar surface area (TPSA) is 52.1 Å². The molecule has 4 nitrogen and oxygen atoms in total. The van der Waals surface area contributed by atoms with Gasteiger partial charge in [0.25, 0.3) is 0 Å². The Morgan fingerprint density at radius 3 is 2.54 bits per heavy atom. The molecule has 1 aliphatic rings. The van der Waals surface area contributed by atoms with Crippen molar-refractivity contribution in [3.63, 3.8) is 0 Å². The standard InChI is InChI=1S/C23H21ClN2O2/c1-28-21-6-3-2-5-19(21)20-13-18(25-15-26-20)14-22(27)23(11-4-12-23)16-7-9-17(24)10-8-16/h2-3,5-10,13,15H,4,11-12,14H2,1H3. The van der Waals surface area contributed by atoms with E-state index in [0.29, 0.717) is 5.02 Å². The molecule has 1 aromatic heterocycles. The molecule has 2 aromatic carbocycles. The molecule has 142 valence electrons. The number of nitrogens with zero attached hydrogens (tertiary/aromatic N) is 2. The third kappa shape index (κ3) is 3.40. The van der Waals surface area contributed by atoms with Gasteiger partial charge in [-0.2, -0.15) is 0 Å². The van der Waals surface area contributed by atoms with E-state index in [1.807, 2.05) is 54.6 Å². The van der Waals surface area contributed by atoms with E-state index in [4.69, 9.17) is 16.3 Å². The summed E-state index contributed by atoms with van der Waals surface area (Å²) in [6, 6.07) is 17.2. The first-order valence-electron chi connectivity index (χ1n) is 9.36. The minimum atomic E-state index is -0.417. The lowest BCUT2D eigenvalue weighted by molar-refractivity contribution is -0.127. The van der Waals surface area contributed by atoms with E-state index in [0.717, 1.165) is 47.5 Å². The molecule has 1 aliphatic carbocycles. The summed E-state index contributed by atoms with van der Waals surface area (Å²) in [5, 5.41) is 0.683. The van der Waals surface area contributed by atoms with Gasteiger partial charge in [0.1, 0.15) is 17.9 Å². The van der Waals surface area contributed by atoms with Gasteiger partial charge in [-0.1, -0.05) is 42.3 Å². The number of methoxy groups -OCH3 is 1. The highest BCUT2D eigenvalue weighted by atomic mass is 35.5. The van der Waals surface area contributed by atoms with E-state index in [-0.39, 0.29) is 12.2 Å². The molecule has 0 N–H and O–H groups in total. The number of hydrogen-bond donors (Lipinski definition) is 0. The summed E-state index contributed by atoms with van der Waals surface area (Å²) in [5.41, 5.74) is 3.00. The van der Waals surface area contributed by atoms with E-state index >= 15 is 0 Å². The highest BCUT2D eigenvalue weighted by Gasteiger charge is 2.44. The molecule has 0 aliphatic heterocycles. The van der Waals surface area contributed by atoms with E-state index in [2.05, 4.69) is 9.97 Å². The zero-order valence-electron chi connectivity index (χ0n) is 15.7. The molecule has 0 spiro atoms. The monoisotopic (exact) mass is 392 g/mol. The number of ketones is 1. The average Bonchev–Trinajstić information content (AvgIpc) is 2.69. The normalized spacial score (nSPS) is 14.9. The number of benzene rings is 2. The average molecular weight is 393 g/mol. The fourth-order valence-corrected chi connectivity index (χ4v) is 3.99. The summed E-state index contributed by atoms with van der Waals surface area (Å²) in [7, 11) is 1.64. The van der Waals surface area contributed by atoms with Crippen LogP contribution >= 0.6 is 11.6 Å². The highest BCUT2D eigenvalue weighted by Crippen LogP contribution is 2.45. The Morgan fingerprint density at radius 1 is 1.11 bits per heavy atom. The molecule has 0 saturated heterocycles. The van der Waals surface area contributed by atoms with Crippen molar-refractivity contribution in [1.82, 2.24) is 9.97 Å². The van der Waals surface area contributed by atoms with Crippen molar-refractivity contribution < 1.29 is 9.53 Å². The Kier molecular flexibility index (Phi) is 5.14. The largest absolute Gasteiger partial charge is 0.496 e. The van der Waals surface area contributed by atoms with Crippen LogP contribution in [0.3, 0.4) is 0 Å². The molecule has 1 fully saturated rings. The van der Waals surface area contributed by atoms with Crippen molar-refractivity contribution in [2.24, 2.45) is 0 Å². The highest BCUT2D eigenvalue weighted by molar-refractivity contribution is 6.30. The number of para-hydroxylation sites is 1. The van der Waals surface area contributed by atoms with Crippen LogP contribution in [-0.4, -0.2) is 22.9 Å². The van der Waals surface area contributed by atoms with Crippen molar-refractivity contribution in [1.29, 1.82) is 0 Å². The molecule has 0 amide bonds. The third-order valence-corrected chi connectivity index (χ3v) is 5.84. The van der Waals surface area contributed by atoms with Crippen LogP contribution in [0.5, 0.6) is 5.75 Å². The molecule has 0 bridgehead atoms. The summed E-state index contributed by atoms with van der Waals surface area (Å²) < 4.78 is 5.43. The Bertz CT molecular complexity index is 997. The molecular formula is C23H21ClN2O2. The molecule has 4 rings (SSSR count). The summed E-state index contributed by atoms with van der Waals surface area (Å²) in [5.74, 6) is 0.945. The lowest BCUT2D eigenvalue weighted by Crippen LogP contribution is -2.43. The van der Waals surface area contributed by atoms with E-state index in [9.17, 15) is 4.79 Å². The summed E-state index contributed by atoms with van der Waals surface area (Å²) >= 11 is 6.02. The molecule has 28 heavy (non-hydrogen) atoms. The fourth-order valence-electron chi connectivity index (χ4n) is 3.86. The van der Waals surface area contributed by atoms with Gasteiger partial charge in [-0.05, 0) is 48.7 Å². The van der Waals surface area contributed by atoms with Crippen LogP contribution in [0.1, 0.15) is 30.5 Å². The van der Waals surface area contributed by atoms with Gasteiger partial charge in [-0.3, -0.25) is 4.79 Å². The number of carbonyl (C=O) groups excluding carboxylic acids is 1. The zero-order valence-corrected chi connectivity index (χ0v) is 16.4. The second-order valence-electron chi connectivity index (χ2n) is 7.14. The van der Waals surface area contributed by atoms with E-state index in [1.165, 1.54) is 6.33 Å². The van der Waals surface area contributed by atoms with Crippen LogP contribution in [-0.2, 0) is 16.6 Å². The second-order valence-corrected chi connectivity index (χ2v) is 7.57. The number of halogens is 1. The van der Waals surface area contributed by atoms with Crippen molar-refractivity contribution in [2.75, 3.05) is 7.11 Å². The number of ether oxygens (including phenoxy) is 1. The van der Waals surface area contributed by atoms with Crippen molar-refractivity contribution >= 4 is 17.4 Å². The van der Waals surface area contributed by atoms with Gasteiger partial charge in [0.15, 0.2) is 0 Å². The Labute approximate surface area is 169 Å². The molecular weight excluding hydrogens is 372 g/mol. The van der Waals surface area contributed by atoms with Gasteiger partial charge in [-0.25, -0.2) is 9.97 Å². The zero-order chi connectivity index (χ0) is 19.6. The van der Waals surface area contributed by atoms with Crippen LogP contribution in [0.4, 0.5) is 0 Å². The number of aromatic nitrogens is 2. The molecule has 0 unspecified atom stereocenters. The fraction of sp³-hybridized carbons (Fsp3) is 0.261. The van der Waals surface area contributed by atoms with Gasteiger partial charge in [0.05, 0.1) is 23.9 Å². The van der Waals surface area contributed by atoms with E-state index in [1.54, 1.807) is 7.11 Å². The van der Waals surface area contributed by atoms with Gasteiger partial charge >= 0.3 is 0 Å². The molecule has 0 radical (unpaired) electrons. The van der Waals surface area contributed by atoms with Crippen molar-refractivity contribution in [2.45, 2.75) is 31.1 Å². The second kappa shape index (κ2) is 7.72. The SMILES string of the molecule is COc1ccccc1-c1cc(CC(=O)C2(c3ccc(Cl)cc3)CCC2)ncn1. The Hall–Kier alpha value is -2.72. The van der Waals surface area contributed by atoms with Crippen LogP contribution in [0.2, 0.25) is 5.02 Å². The van der Waals surface area contributed by atoms with Crippen LogP contribution in [0, 0.1) is 0 Å². The van der Waals surface area contributed by atoms with Gasteiger partial charge in [0, 0.05) is 17.0 Å². The van der Waals surface area contributed by atoms with E-state index < -0.39 is 5.41 Å². The minimum absolute atomic E-state index is 0.200. The van der Waals surface area contributed by atoms with Crippen LogP contribution in [0.25, 0.3) is 11.3 Å². The van der Waals surface area contributed by atoms with Crippen LogP contribution < -0.4 is 4.74 Å². The third-order valence-electron chi connectivity index (χ3n) is 5.59. The first-order valence-corrected chi connectivity index (χ1v) is 9.74. The van der Waals surface area contributed by atoms with Gasteiger partial charge < -0.3 is 4.74 Å². The summed E-state index contributed by atoms with van der Waals surface area (Å²) in [6.45, 7) is 0. The Morgan fingerprint density at radius 2 is 1.86 bits per heavy atom. The van der Waals surface area contributed by atoms with Gasteiger partial charge in [0.2, 0.25) is 0 Å². The van der Waals surface area contributed by atoms with Crippen molar-refractivity contribution in [3.8, 4) is 17.0 Å². The maximum absolute atomic E-state index is 13.3. The Balaban J connectivity index is 1.60. The van der Waals surface area contributed by atoms with Crippen LogP contribution in [0.15, 0.2) is 60.9 Å². The molecule has 5 heteroatoms. The van der Waals surface area contributed by atoms with Gasteiger partial charge in [-0.15, -0.1) is 0 Å². The number of rotatable bonds is 6. The molecule has 3 aromatic rings. The summed E-state index contributed by atoms with van der Waals surface area (Å²) in [4.78, 5) is 22.0. The predicted octanol–water partition coefficient (Wildman–Crippen LogP) is 5.04. The molecule has 0 atom stereocenters. The predicted molar refractivity (Wildman–Crippen MR) is 110 cm³/mol. The maximum Gasteiger partial charge on any atom is 0.149 e. The lowest BCUT2D eigenvalue weighted by Gasteiger charge is -2.41. The molecule has 1 heterocycles. The molecule has 1 saturated carbocycles. The summed E-state index contributed by atoms with van der Waals surface area (Å²) in [6.07, 6.45) is 4.61. The first-order chi connectivity index (χ1) is 13.6. The minimum Gasteiger partial charge on any atom is -0.496 e. The number of carbonyl (C=O) groups is 1. The number of Topliss-reactive ketones (excluding diaryl/α,β-unsaturated/α-hetero) is 1. The first kappa shape index (κ1) is 18.6. The maximum atomic E-state index is 13.3. The quantitative estimate of drug-likeness (QED) is 0.589. The van der Waals surface area contributed by atoms with Crippen molar-refractivity contribution in [3.05, 3.63) is 77.2 Å². The smallest absolute Gasteiger partial charge is 0.149 e.